The van der Waals surface area contributed by atoms with Gasteiger partial charge in [-0.3, -0.25) is 9.89 Å². The van der Waals surface area contributed by atoms with Crippen LogP contribution in [0.2, 0.25) is 0 Å². The molecule has 2 N–H and O–H groups in total. The highest BCUT2D eigenvalue weighted by Gasteiger charge is 2.24. The maximum absolute atomic E-state index is 12.2. The van der Waals surface area contributed by atoms with Crippen LogP contribution in [0.1, 0.15) is 18.5 Å². The monoisotopic (exact) mass is 327 g/mol. The smallest absolute Gasteiger partial charge is 0.239 e. The van der Waals surface area contributed by atoms with Gasteiger partial charge in [0.25, 0.3) is 0 Å². The Morgan fingerprint density at radius 2 is 2.38 bits per heavy atom. The summed E-state index contributed by atoms with van der Waals surface area (Å²) in [6.07, 6.45) is 3.85. The van der Waals surface area contributed by atoms with Gasteiger partial charge in [0.1, 0.15) is 12.4 Å². The number of aromatic nitrogens is 2. The molecule has 1 aliphatic heterocycles. The summed E-state index contributed by atoms with van der Waals surface area (Å²) in [6.45, 7) is 3.90. The Bertz CT molecular complexity index is 692. The van der Waals surface area contributed by atoms with Crippen molar-refractivity contribution in [2.75, 3.05) is 26.7 Å². The number of nitrogens with zero attached hydrogens (tertiary/aromatic N) is 2. The number of amides is 1. The normalized spacial score (nSPS) is 17.0. The van der Waals surface area contributed by atoms with Gasteiger partial charge in [-0.15, -0.1) is 0 Å². The Hall–Kier alpha value is -2.34. The number of aryl methyl sites for hydroxylation is 1. The third-order valence-electron chi connectivity index (χ3n) is 4.33. The SMILES string of the molecule is Cc1n[nH]cc1-c1c[c]cc(OCCN(C)C(=O)[C@@H]2CCCN2)c1. The van der Waals surface area contributed by atoms with E-state index < -0.39 is 0 Å². The van der Waals surface area contributed by atoms with E-state index in [9.17, 15) is 4.79 Å². The third-order valence-corrected chi connectivity index (χ3v) is 4.33. The molecule has 127 valence electrons. The zero-order chi connectivity index (χ0) is 16.9. The molecule has 24 heavy (non-hydrogen) atoms. The van der Waals surface area contributed by atoms with E-state index in [0.29, 0.717) is 13.2 Å². The fourth-order valence-electron chi connectivity index (χ4n) is 2.91. The van der Waals surface area contributed by atoms with Crippen molar-refractivity contribution in [2.45, 2.75) is 25.8 Å². The number of carbonyl (C=O) groups excluding carboxylic acids is 1. The van der Waals surface area contributed by atoms with Crippen LogP contribution in [0.5, 0.6) is 5.75 Å². The number of hydrogen-bond donors (Lipinski definition) is 2. The molecular weight excluding hydrogens is 304 g/mol. The molecule has 0 bridgehead atoms. The van der Waals surface area contributed by atoms with Crippen molar-refractivity contribution in [1.82, 2.24) is 20.4 Å². The minimum absolute atomic E-state index is 0.0317. The summed E-state index contributed by atoms with van der Waals surface area (Å²) in [5, 5.41) is 10.2. The van der Waals surface area contributed by atoms with E-state index >= 15 is 0 Å². The number of benzene rings is 1. The summed E-state index contributed by atoms with van der Waals surface area (Å²) in [4.78, 5) is 14.0. The fourth-order valence-corrected chi connectivity index (χ4v) is 2.91. The average molecular weight is 327 g/mol. The fraction of sp³-hybridized carbons (Fsp3) is 0.444. The van der Waals surface area contributed by atoms with Gasteiger partial charge in [-0.2, -0.15) is 5.10 Å². The van der Waals surface area contributed by atoms with Crippen LogP contribution in [-0.2, 0) is 4.79 Å². The molecular formula is C18H23N4O2. The topological polar surface area (TPSA) is 70.2 Å². The highest BCUT2D eigenvalue weighted by atomic mass is 16.5. The number of likely N-dealkylation sites (N-methyl/N-ethyl adjacent to an activating group) is 1. The summed E-state index contributed by atoms with van der Waals surface area (Å²) in [6, 6.07) is 8.74. The maximum atomic E-state index is 12.2. The minimum atomic E-state index is -0.0317. The first kappa shape index (κ1) is 16.5. The van der Waals surface area contributed by atoms with Gasteiger partial charge in [0.15, 0.2) is 0 Å². The van der Waals surface area contributed by atoms with Crippen molar-refractivity contribution in [1.29, 1.82) is 0 Å². The quantitative estimate of drug-likeness (QED) is 0.848. The predicted octanol–water partition coefficient (Wildman–Crippen LogP) is 1.77. The zero-order valence-corrected chi connectivity index (χ0v) is 14.1. The van der Waals surface area contributed by atoms with E-state index in [0.717, 1.165) is 42.0 Å². The number of hydrogen-bond acceptors (Lipinski definition) is 4. The molecule has 3 rings (SSSR count). The second-order valence-electron chi connectivity index (χ2n) is 6.10. The molecule has 6 heteroatoms. The molecule has 1 atom stereocenters. The first-order chi connectivity index (χ1) is 11.6. The molecule has 0 aliphatic carbocycles. The molecule has 0 saturated carbocycles. The van der Waals surface area contributed by atoms with Crippen molar-refractivity contribution in [3.05, 3.63) is 36.2 Å². The van der Waals surface area contributed by atoms with Crippen LogP contribution < -0.4 is 10.1 Å². The number of nitrogens with one attached hydrogen (secondary N) is 2. The molecule has 2 aromatic rings. The Morgan fingerprint density at radius 3 is 3.08 bits per heavy atom. The Balaban J connectivity index is 1.53. The van der Waals surface area contributed by atoms with E-state index in [-0.39, 0.29) is 11.9 Å². The molecule has 1 radical (unpaired) electrons. The molecule has 0 unspecified atom stereocenters. The van der Waals surface area contributed by atoms with Gasteiger partial charge in [-0.1, -0.05) is 0 Å². The number of carbonyl (C=O) groups is 1. The standard InChI is InChI=1S/C18H23N4O2/c1-13-16(12-20-21-13)14-5-3-6-15(11-14)24-10-9-22(2)18(23)17-7-4-8-19-17/h5-6,11-12,17,19H,4,7-10H2,1-2H3,(H,20,21)/t17-/m0/s1. The summed E-state index contributed by atoms with van der Waals surface area (Å²) in [5.74, 6) is 0.887. The Morgan fingerprint density at radius 1 is 1.50 bits per heavy atom. The molecule has 1 aliphatic rings. The second-order valence-corrected chi connectivity index (χ2v) is 6.10. The minimum Gasteiger partial charge on any atom is -0.492 e. The summed E-state index contributed by atoms with van der Waals surface area (Å²) in [5.41, 5.74) is 2.99. The summed E-state index contributed by atoms with van der Waals surface area (Å²) < 4.78 is 5.79. The van der Waals surface area contributed by atoms with Gasteiger partial charge in [-0.05, 0) is 56.1 Å². The van der Waals surface area contributed by atoms with Crippen molar-refractivity contribution in [2.24, 2.45) is 0 Å². The predicted molar refractivity (Wildman–Crippen MR) is 91.8 cm³/mol. The lowest BCUT2D eigenvalue weighted by atomic mass is 10.1. The van der Waals surface area contributed by atoms with E-state index in [1.165, 1.54) is 0 Å². The summed E-state index contributed by atoms with van der Waals surface area (Å²) >= 11 is 0. The van der Waals surface area contributed by atoms with Crippen molar-refractivity contribution < 1.29 is 9.53 Å². The van der Waals surface area contributed by atoms with Crippen molar-refractivity contribution in [3.8, 4) is 16.9 Å². The van der Waals surface area contributed by atoms with E-state index in [2.05, 4.69) is 21.6 Å². The molecule has 0 spiro atoms. The number of ether oxygens (including phenoxy) is 1. The van der Waals surface area contributed by atoms with E-state index in [4.69, 9.17) is 4.74 Å². The molecule has 6 nitrogen and oxygen atoms in total. The van der Waals surface area contributed by atoms with E-state index in [1.54, 1.807) is 11.0 Å². The largest absolute Gasteiger partial charge is 0.492 e. The highest BCUT2D eigenvalue weighted by Crippen LogP contribution is 2.25. The number of aromatic amines is 1. The second kappa shape index (κ2) is 7.49. The van der Waals surface area contributed by atoms with Crippen LogP contribution in [0.15, 0.2) is 24.4 Å². The van der Waals surface area contributed by atoms with Crippen LogP contribution in [-0.4, -0.2) is 53.8 Å². The third kappa shape index (κ3) is 3.76. The lowest BCUT2D eigenvalue weighted by molar-refractivity contribution is -0.132. The van der Waals surface area contributed by atoms with Crippen LogP contribution >= 0.6 is 0 Å². The molecule has 2 heterocycles. The Labute approximate surface area is 142 Å². The Kier molecular flexibility index (Phi) is 5.15. The summed E-state index contributed by atoms with van der Waals surface area (Å²) in [7, 11) is 1.82. The molecule has 1 aromatic heterocycles. The lowest BCUT2D eigenvalue weighted by Gasteiger charge is -2.21. The van der Waals surface area contributed by atoms with E-state index in [1.807, 2.05) is 32.3 Å². The van der Waals surface area contributed by atoms with Crippen molar-refractivity contribution >= 4 is 5.91 Å². The van der Waals surface area contributed by atoms with Gasteiger partial charge in [0.2, 0.25) is 5.91 Å². The first-order valence-corrected chi connectivity index (χ1v) is 8.28. The molecule has 1 fully saturated rings. The van der Waals surface area contributed by atoms with Gasteiger partial charge in [-0.25, -0.2) is 0 Å². The van der Waals surface area contributed by atoms with Gasteiger partial charge in [0.05, 0.1) is 18.3 Å². The van der Waals surface area contributed by atoms with Crippen molar-refractivity contribution in [3.63, 3.8) is 0 Å². The van der Waals surface area contributed by atoms with Gasteiger partial charge >= 0.3 is 0 Å². The van der Waals surface area contributed by atoms with Gasteiger partial charge in [0, 0.05) is 18.8 Å². The van der Waals surface area contributed by atoms with Crippen LogP contribution in [0, 0.1) is 13.0 Å². The van der Waals surface area contributed by atoms with Crippen LogP contribution in [0.25, 0.3) is 11.1 Å². The molecule has 1 amide bonds. The average Bonchev–Trinajstić information content (AvgIpc) is 3.26. The van der Waals surface area contributed by atoms with Crippen LogP contribution in [0.3, 0.4) is 0 Å². The maximum Gasteiger partial charge on any atom is 0.239 e. The molecule has 1 aromatic carbocycles. The number of H-pyrrole nitrogens is 1. The van der Waals surface area contributed by atoms with Crippen LogP contribution in [0.4, 0.5) is 0 Å². The zero-order valence-electron chi connectivity index (χ0n) is 14.1. The molecule has 1 saturated heterocycles. The van der Waals surface area contributed by atoms with Gasteiger partial charge < -0.3 is 15.0 Å². The first-order valence-electron chi connectivity index (χ1n) is 8.28. The number of rotatable bonds is 6. The lowest BCUT2D eigenvalue weighted by Crippen LogP contribution is -2.43. The highest BCUT2D eigenvalue weighted by molar-refractivity contribution is 5.81.